The molecule has 1 aromatic rings. The number of nitrogens with zero attached hydrogens (tertiary/aromatic N) is 2. The van der Waals surface area contributed by atoms with Crippen LogP contribution in [-0.4, -0.2) is 35.5 Å². The second-order valence-corrected chi connectivity index (χ2v) is 3.99. The van der Waals surface area contributed by atoms with Gasteiger partial charge in [0.1, 0.15) is 5.03 Å². The Morgan fingerprint density at radius 1 is 1.25 bits per heavy atom. The monoisotopic (exact) mass is 236 g/mol. The number of hydrogen-bond donors (Lipinski definition) is 0. The Labute approximate surface area is 97.5 Å². The number of halogens is 1. The van der Waals surface area contributed by atoms with Gasteiger partial charge in [-0.2, -0.15) is 0 Å². The van der Waals surface area contributed by atoms with Crippen LogP contribution in [0, 0.1) is 0 Å². The zero-order valence-corrected chi connectivity index (χ0v) is 9.58. The van der Waals surface area contributed by atoms with Crippen LogP contribution in [0.3, 0.4) is 0 Å². The minimum atomic E-state index is -0.675. The number of rotatable bonds is 1. The average Bonchev–Trinajstić information content (AvgIpc) is 2.26. The molecule has 1 aliphatic rings. The van der Waals surface area contributed by atoms with Crippen molar-refractivity contribution >= 4 is 28.9 Å². The lowest BCUT2D eigenvalue weighted by molar-refractivity contribution is -0.111. The van der Waals surface area contributed by atoms with Gasteiger partial charge in [-0.15, -0.1) is 0 Å². The predicted octanol–water partition coefficient (Wildman–Crippen LogP) is 1.32. The Kier molecular flexibility index (Phi) is 2.52. The van der Waals surface area contributed by atoms with Crippen molar-refractivity contribution in [3.63, 3.8) is 0 Å². The van der Waals surface area contributed by atoms with E-state index in [-0.39, 0.29) is 5.03 Å². The molecule has 0 bridgehead atoms. The number of aromatic nitrogens is 1. The van der Waals surface area contributed by atoms with Gasteiger partial charge in [0.25, 0.3) is 0 Å². The van der Waals surface area contributed by atoms with Crippen LogP contribution in [0.5, 0.6) is 0 Å². The normalized spacial score (nSPS) is 15.2. The third-order valence-corrected chi connectivity index (χ3v) is 2.69. The summed E-state index contributed by atoms with van der Waals surface area (Å²) < 4.78 is 0. The van der Waals surface area contributed by atoms with Crippen molar-refractivity contribution in [2.75, 3.05) is 14.1 Å². The zero-order chi connectivity index (χ0) is 11.9. The van der Waals surface area contributed by atoms with Crippen molar-refractivity contribution in [2.45, 2.75) is 0 Å². The molecule has 0 unspecified atom stereocenters. The highest BCUT2D eigenvalue weighted by Gasteiger charge is 2.33. The first-order valence-corrected chi connectivity index (χ1v) is 5.03. The van der Waals surface area contributed by atoms with Gasteiger partial charge < -0.3 is 4.90 Å². The maximum absolute atomic E-state index is 11.7. The number of hydrogen-bond acceptors (Lipinski definition) is 4. The Morgan fingerprint density at radius 2 is 1.94 bits per heavy atom. The first-order chi connectivity index (χ1) is 7.54. The second kappa shape index (κ2) is 3.72. The van der Waals surface area contributed by atoms with Gasteiger partial charge in [-0.3, -0.25) is 14.6 Å². The second-order valence-electron chi connectivity index (χ2n) is 3.61. The molecule has 0 spiro atoms. The number of carbonyl (C=O) groups excluding carboxylic acids is 2. The Bertz CT molecular complexity index is 520. The highest BCUT2D eigenvalue weighted by Crippen LogP contribution is 2.30. The lowest BCUT2D eigenvalue weighted by Crippen LogP contribution is -2.27. The fraction of sp³-hybridized carbons (Fsp3) is 0.182. The molecule has 0 saturated heterocycles. The van der Waals surface area contributed by atoms with Crippen LogP contribution in [-0.2, 0) is 4.79 Å². The molecule has 0 aromatic carbocycles. The van der Waals surface area contributed by atoms with Crippen LogP contribution < -0.4 is 0 Å². The maximum atomic E-state index is 11.7. The van der Waals surface area contributed by atoms with Crippen LogP contribution in [0.4, 0.5) is 0 Å². The molecular formula is C11H9ClN2O2. The summed E-state index contributed by atoms with van der Waals surface area (Å²) in [6, 6.07) is 3.20. The van der Waals surface area contributed by atoms with Crippen LogP contribution in [0.2, 0.25) is 0 Å². The number of carbonyl (C=O) groups is 2. The third kappa shape index (κ3) is 1.42. The van der Waals surface area contributed by atoms with Crippen molar-refractivity contribution in [3.8, 4) is 0 Å². The topological polar surface area (TPSA) is 50.3 Å². The van der Waals surface area contributed by atoms with E-state index in [1.165, 1.54) is 0 Å². The number of ketones is 2. The first kappa shape index (κ1) is 10.8. The highest BCUT2D eigenvalue weighted by atomic mass is 35.5. The predicted molar refractivity (Wildman–Crippen MR) is 60.0 cm³/mol. The standard InChI is InChI=1S/C11H9ClN2O2/c1-14(2)9-7(12)11(16)10(15)6-4-3-5-13-8(6)9/h3-5H,1-2H3. The van der Waals surface area contributed by atoms with E-state index < -0.39 is 11.6 Å². The summed E-state index contributed by atoms with van der Waals surface area (Å²) in [5, 5.41) is -0.0683. The fourth-order valence-electron chi connectivity index (χ4n) is 1.62. The van der Waals surface area contributed by atoms with Crippen LogP contribution >= 0.6 is 11.6 Å². The molecule has 0 N–H and O–H groups in total. The minimum Gasteiger partial charge on any atom is -0.375 e. The maximum Gasteiger partial charge on any atom is 0.247 e. The number of pyridine rings is 1. The highest BCUT2D eigenvalue weighted by molar-refractivity contribution is 6.64. The molecule has 0 radical (unpaired) electrons. The molecular weight excluding hydrogens is 228 g/mol. The van der Waals surface area contributed by atoms with E-state index in [0.29, 0.717) is 17.0 Å². The molecule has 5 heteroatoms. The van der Waals surface area contributed by atoms with Gasteiger partial charge in [-0.25, -0.2) is 0 Å². The summed E-state index contributed by atoms with van der Waals surface area (Å²) in [4.78, 5) is 29.1. The van der Waals surface area contributed by atoms with E-state index in [1.54, 1.807) is 37.3 Å². The molecule has 82 valence electrons. The van der Waals surface area contributed by atoms with E-state index in [2.05, 4.69) is 4.98 Å². The van der Waals surface area contributed by atoms with Crippen LogP contribution in [0.25, 0.3) is 5.70 Å². The van der Waals surface area contributed by atoms with Crippen molar-refractivity contribution in [1.29, 1.82) is 0 Å². The van der Waals surface area contributed by atoms with E-state index in [1.807, 2.05) is 0 Å². The summed E-state index contributed by atoms with van der Waals surface area (Å²) in [7, 11) is 3.50. The zero-order valence-electron chi connectivity index (χ0n) is 8.82. The molecule has 1 aliphatic carbocycles. The van der Waals surface area contributed by atoms with Gasteiger partial charge in [-0.05, 0) is 12.1 Å². The molecule has 0 atom stereocenters. The third-order valence-electron chi connectivity index (χ3n) is 2.34. The van der Waals surface area contributed by atoms with E-state index >= 15 is 0 Å². The van der Waals surface area contributed by atoms with Crippen LogP contribution in [0.1, 0.15) is 16.1 Å². The summed E-state index contributed by atoms with van der Waals surface area (Å²) in [6.45, 7) is 0. The van der Waals surface area contributed by atoms with Gasteiger partial charge >= 0.3 is 0 Å². The molecule has 4 nitrogen and oxygen atoms in total. The molecule has 0 amide bonds. The van der Waals surface area contributed by atoms with Gasteiger partial charge in [0.15, 0.2) is 0 Å². The minimum absolute atomic E-state index is 0.0683. The van der Waals surface area contributed by atoms with Gasteiger partial charge in [0.2, 0.25) is 11.6 Å². The van der Waals surface area contributed by atoms with E-state index in [0.717, 1.165) is 0 Å². The first-order valence-electron chi connectivity index (χ1n) is 4.65. The number of Topliss-reactive ketones (excluding diaryl/α,β-unsaturated/α-hetero) is 2. The average molecular weight is 237 g/mol. The van der Waals surface area contributed by atoms with Crippen molar-refractivity contribution < 1.29 is 9.59 Å². The Balaban J connectivity index is 2.76. The molecule has 1 aromatic heterocycles. The SMILES string of the molecule is CN(C)C1=C(Cl)C(=O)C(=O)c2cccnc21. The van der Waals surface area contributed by atoms with Gasteiger partial charge in [0.05, 0.1) is 17.0 Å². The van der Waals surface area contributed by atoms with Gasteiger partial charge in [-0.1, -0.05) is 11.6 Å². The summed E-state index contributed by atoms with van der Waals surface area (Å²) in [5.74, 6) is -1.27. The quantitative estimate of drug-likeness (QED) is 0.690. The molecule has 2 rings (SSSR count). The molecule has 0 saturated carbocycles. The lowest BCUT2D eigenvalue weighted by atomic mass is 9.96. The number of allylic oxidation sites excluding steroid dienone is 1. The van der Waals surface area contributed by atoms with Gasteiger partial charge in [0, 0.05) is 20.3 Å². The molecule has 0 aliphatic heterocycles. The smallest absolute Gasteiger partial charge is 0.247 e. The van der Waals surface area contributed by atoms with Crippen LogP contribution in [0.15, 0.2) is 23.4 Å². The lowest BCUT2D eigenvalue weighted by Gasteiger charge is -2.23. The Hall–Kier alpha value is -1.68. The van der Waals surface area contributed by atoms with E-state index in [9.17, 15) is 9.59 Å². The molecule has 1 heterocycles. The number of fused-ring (bicyclic) bond motifs is 1. The summed E-state index contributed by atoms with van der Waals surface area (Å²) in [5.41, 5.74) is 1.25. The molecule has 0 fully saturated rings. The fourth-order valence-corrected chi connectivity index (χ4v) is 1.96. The molecule has 16 heavy (non-hydrogen) atoms. The summed E-state index contributed by atoms with van der Waals surface area (Å²) in [6.07, 6.45) is 1.57. The Morgan fingerprint density at radius 3 is 2.56 bits per heavy atom. The van der Waals surface area contributed by atoms with Crippen molar-refractivity contribution in [3.05, 3.63) is 34.6 Å². The van der Waals surface area contributed by atoms with Crippen molar-refractivity contribution in [1.82, 2.24) is 9.88 Å². The van der Waals surface area contributed by atoms with Crippen molar-refractivity contribution in [2.24, 2.45) is 0 Å². The largest absolute Gasteiger partial charge is 0.375 e. The van der Waals surface area contributed by atoms with E-state index in [4.69, 9.17) is 11.6 Å². The summed E-state index contributed by atoms with van der Waals surface area (Å²) >= 11 is 5.88.